The maximum atomic E-state index is 13.3. The van der Waals surface area contributed by atoms with Gasteiger partial charge in [-0.25, -0.2) is 0 Å². The van der Waals surface area contributed by atoms with Crippen LogP contribution in [0.4, 0.5) is 5.69 Å². The standard InChI is InChI=1S/C29H38N4O4/c1-30(2)25-8-6-21(7-9-25)29(37)32-13-11-22(15-28(35)36)23(19-32)10-12-31-16-20-14-24(18-31)26-4-3-5-27(34)33(26)17-20/h3-9,20,22-24H,10-19H2,1-2H3,(H,35,36). The van der Waals surface area contributed by atoms with Gasteiger partial charge in [0.15, 0.2) is 0 Å². The number of likely N-dealkylation sites (tertiary alicyclic amines) is 2. The van der Waals surface area contributed by atoms with Crippen molar-refractivity contribution in [2.75, 3.05) is 51.7 Å². The quantitative estimate of drug-likeness (QED) is 0.622. The minimum atomic E-state index is -0.761. The molecule has 3 aliphatic heterocycles. The number of carbonyl (C=O) groups is 2. The summed E-state index contributed by atoms with van der Waals surface area (Å²) in [5.74, 6) is 0.344. The Bertz CT molecular complexity index is 1190. The molecule has 0 aliphatic carbocycles. The van der Waals surface area contributed by atoms with E-state index in [4.69, 9.17) is 0 Å². The van der Waals surface area contributed by atoms with Crippen LogP contribution in [-0.2, 0) is 11.3 Å². The van der Waals surface area contributed by atoms with Crippen molar-refractivity contribution < 1.29 is 14.7 Å². The summed E-state index contributed by atoms with van der Waals surface area (Å²) in [4.78, 5) is 43.7. The van der Waals surface area contributed by atoms with E-state index in [0.717, 1.165) is 56.8 Å². The minimum absolute atomic E-state index is 0.0265. The van der Waals surface area contributed by atoms with Gasteiger partial charge in [-0.15, -0.1) is 0 Å². The van der Waals surface area contributed by atoms with Gasteiger partial charge in [-0.2, -0.15) is 0 Å². The van der Waals surface area contributed by atoms with Gasteiger partial charge >= 0.3 is 5.97 Å². The largest absolute Gasteiger partial charge is 0.481 e. The lowest BCUT2D eigenvalue weighted by atomic mass is 9.80. The normalized spacial score (nSPS) is 25.4. The molecule has 5 rings (SSSR count). The Morgan fingerprint density at radius 1 is 1.00 bits per heavy atom. The molecule has 198 valence electrons. The van der Waals surface area contributed by atoms with Crippen LogP contribution >= 0.6 is 0 Å². The second-order valence-electron chi connectivity index (χ2n) is 11.3. The van der Waals surface area contributed by atoms with Crippen molar-refractivity contribution in [3.05, 3.63) is 64.1 Å². The Morgan fingerprint density at radius 2 is 1.78 bits per heavy atom. The lowest BCUT2D eigenvalue weighted by Crippen LogP contribution is -2.49. The number of carboxylic acids is 1. The number of amides is 1. The highest BCUT2D eigenvalue weighted by Crippen LogP contribution is 2.36. The Kier molecular flexibility index (Phi) is 7.38. The SMILES string of the molecule is CN(C)c1ccc(C(=O)N2CCC(CC(=O)O)C(CCN3CC4CC(C3)c3cccc(=O)n3C4)C2)cc1. The van der Waals surface area contributed by atoms with E-state index in [1.807, 2.05) is 58.8 Å². The predicted octanol–water partition coefficient (Wildman–Crippen LogP) is 2.98. The molecule has 37 heavy (non-hydrogen) atoms. The van der Waals surface area contributed by atoms with Crippen LogP contribution in [0.3, 0.4) is 0 Å². The van der Waals surface area contributed by atoms with Crippen LogP contribution in [0.25, 0.3) is 0 Å². The summed E-state index contributed by atoms with van der Waals surface area (Å²) in [5, 5.41) is 9.53. The van der Waals surface area contributed by atoms with Gasteiger partial charge < -0.3 is 24.4 Å². The summed E-state index contributed by atoms with van der Waals surface area (Å²) in [6.45, 7) is 4.77. The van der Waals surface area contributed by atoms with E-state index in [1.54, 1.807) is 6.07 Å². The third-order valence-electron chi connectivity index (χ3n) is 8.62. The third kappa shape index (κ3) is 5.59. The van der Waals surface area contributed by atoms with E-state index in [-0.39, 0.29) is 29.7 Å². The zero-order valence-corrected chi connectivity index (χ0v) is 21.9. The fourth-order valence-corrected chi connectivity index (χ4v) is 6.70. The number of carboxylic acid groups (broad SMARTS) is 1. The monoisotopic (exact) mass is 506 g/mol. The van der Waals surface area contributed by atoms with Crippen LogP contribution in [0.15, 0.2) is 47.3 Å². The van der Waals surface area contributed by atoms with E-state index in [0.29, 0.717) is 30.5 Å². The van der Waals surface area contributed by atoms with Crippen LogP contribution in [0.5, 0.6) is 0 Å². The summed E-state index contributed by atoms with van der Waals surface area (Å²) >= 11 is 0. The molecule has 0 saturated carbocycles. The molecule has 1 aromatic heterocycles. The van der Waals surface area contributed by atoms with E-state index in [2.05, 4.69) is 11.0 Å². The Labute approximate surface area is 218 Å². The van der Waals surface area contributed by atoms with E-state index < -0.39 is 5.97 Å². The minimum Gasteiger partial charge on any atom is -0.481 e. The molecule has 1 amide bonds. The number of rotatable bonds is 7. The molecule has 4 atom stereocenters. The van der Waals surface area contributed by atoms with E-state index >= 15 is 0 Å². The number of benzene rings is 1. The molecule has 3 aliphatic rings. The lowest BCUT2D eigenvalue weighted by Gasteiger charge is -2.44. The Morgan fingerprint density at radius 3 is 2.51 bits per heavy atom. The first-order chi connectivity index (χ1) is 17.8. The average Bonchev–Trinajstić information content (AvgIpc) is 2.88. The topological polar surface area (TPSA) is 86.1 Å². The first-order valence-corrected chi connectivity index (χ1v) is 13.5. The van der Waals surface area contributed by atoms with Crippen molar-refractivity contribution in [3.63, 3.8) is 0 Å². The lowest BCUT2D eigenvalue weighted by molar-refractivity contribution is -0.139. The van der Waals surface area contributed by atoms with Gasteiger partial charge in [0, 0.05) is 82.2 Å². The zero-order valence-electron chi connectivity index (χ0n) is 21.9. The summed E-state index contributed by atoms with van der Waals surface area (Å²) in [6, 6.07) is 13.3. The maximum absolute atomic E-state index is 13.3. The number of carbonyl (C=O) groups excluding carboxylic acids is 1. The summed E-state index contributed by atoms with van der Waals surface area (Å²) in [7, 11) is 3.95. The van der Waals surface area contributed by atoms with Gasteiger partial charge in [0.1, 0.15) is 0 Å². The first-order valence-electron chi connectivity index (χ1n) is 13.5. The molecule has 2 bridgehead atoms. The molecule has 8 nitrogen and oxygen atoms in total. The van der Waals surface area contributed by atoms with Crippen LogP contribution in [-0.4, -0.2) is 78.2 Å². The van der Waals surface area contributed by atoms with Crippen LogP contribution in [0, 0.1) is 17.8 Å². The molecule has 2 aromatic rings. The number of aliphatic carboxylic acids is 1. The number of aromatic nitrogens is 1. The van der Waals surface area contributed by atoms with Gasteiger partial charge in [0.2, 0.25) is 0 Å². The summed E-state index contributed by atoms with van der Waals surface area (Å²) < 4.78 is 1.95. The molecule has 2 saturated heterocycles. The van der Waals surface area contributed by atoms with Crippen LogP contribution < -0.4 is 10.5 Å². The van der Waals surface area contributed by atoms with Gasteiger partial charge in [-0.1, -0.05) is 6.07 Å². The third-order valence-corrected chi connectivity index (χ3v) is 8.62. The number of hydrogen-bond acceptors (Lipinski definition) is 5. The van der Waals surface area contributed by atoms with Crippen molar-refractivity contribution >= 4 is 17.6 Å². The molecule has 0 spiro atoms. The van der Waals surface area contributed by atoms with Crippen molar-refractivity contribution in [1.82, 2.24) is 14.4 Å². The fourth-order valence-electron chi connectivity index (χ4n) is 6.70. The highest BCUT2D eigenvalue weighted by molar-refractivity contribution is 5.94. The number of piperidine rings is 2. The first kappa shape index (κ1) is 25.5. The molecule has 8 heteroatoms. The smallest absolute Gasteiger partial charge is 0.303 e. The second-order valence-corrected chi connectivity index (χ2v) is 11.3. The summed E-state index contributed by atoms with van der Waals surface area (Å²) in [6.07, 6.45) is 2.88. The fraction of sp³-hybridized carbons (Fsp3) is 0.552. The van der Waals surface area contributed by atoms with E-state index in [1.165, 1.54) is 0 Å². The van der Waals surface area contributed by atoms with Gasteiger partial charge in [0.05, 0.1) is 0 Å². The molecule has 0 radical (unpaired) electrons. The van der Waals surface area contributed by atoms with Crippen molar-refractivity contribution in [2.45, 2.75) is 38.1 Å². The predicted molar refractivity (Wildman–Crippen MR) is 143 cm³/mol. The molecule has 1 N–H and O–H groups in total. The van der Waals surface area contributed by atoms with Gasteiger partial charge in [-0.3, -0.25) is 14.4 Å². The molecular formula is C29H38N4O4. The average molecular weight is 507 g/mol. The number of nitrogens with zero attached hydrogens (tertiary/aromatic N) is 4. The van der Waals surface area contributed by atoms with E-state index in [9.17, 15) is 19.5 Å². The second kappa shape index (κ2) is 10.7. The molecule has 4 heterocycles. The maximum Gasteiger partial charge on any atom is 0.303 e. The Hall–Kier alpha value is -3.13. The number of pyridine rings is 1. The number of fused-ring (bicyclic) bond motifs is 4. The molecule has 1 aromatic carbocycles. The van der Waals surface area contributed by atoms with Gasteiger partial charge in [0.25, 0.3) is 11.5 Å². The van der Waals surface area contributed by atoms with Crippen molar-refractivity contribution in [3.8, 4) is 0 Å². The zero-order chi connectivity index (χ0) is 26.1. The van der Waals surface area contributed by atoms with Crippen LogP contribution in [0.1, 0.15) is 47.7 Å². The van der Waals surface area contributed by atoms with Crippen molar-refractivity contribution in [2.24, 2.45) is 17.8 Å². The Balaban J connectivity index is 1.24. The molecule has 4 unspecified atom stereocenters. The van der Waals surface area contributed by atoms with Crippen LogP contribution in [0.2, 0.25) is 0 Å². The van der Waals surface area contributed by atoms with Crippen molar-refractivity contribution in [1.29, 1.82) is 0 Å². The number of anilines is 1. The highest BCUT2D eigenvalue weighted by Gasteiger charge is 2.36. The molecule has 2 fully saturated rings. The highest BCUT2D eigenvalue weighted by atomic mass is 16.4. The molecular weight excluding hydrogens is 468 g/mol. The number of hydrogen-bond donors (Lipinski definition) is 1. The summed E-state index contributed by atoms with van der Waals surface area (Å²) in [5.41, 5.74) is 2.97. The van der Waals surface area contributed by atoms with Gasteiger partial charge in [-0.05, 0) is 73.9 Å².